The lowest BCUT2D eigenvalue weighted by atomic mass is 10.5. The Morgan fingerprint density at radius 3 is 2.61 bits per heavy atom. The number of nitrogens with one attached hydrogen (secondary N) is 2. The van der Waals surface area contributed by atoms with Gasteiger partial charge in [-0.15, -0.1) is 23.7 Å². The van der Waals surface area contributed by atoms with Crippen LogP contribution in [0, 0.1) is 0 Å². The van der Waals surface area contributed by atoms with Crippen molar-refractivity contribution in [3.05, 3.63) is 15.9 Å². The molecule has 0 aliphatic heterocycles. The third-order valence-corrected chi connectivity index (χ3v) is 5.22. The van der Waals surface area contributed by atoms with Crippen LogP contribution >= 0.6 is 39.7 Å². The summed E-state index contributed by atoms with van der Waals surface area (Å²) >= 11 is 4.25. The molecule has 0 unspecified atom stereocenters. The molecule has 6 nitrogen and oxygen atoms in total. The van der Waals surface area contributed by atoms with Crippen LogP contribution in [0.3, 0.4) is 0 Å². The number of hydrogen-bond donors (Lipinski definition) is 3. The topological polar surface area (TPSA) is 101 Å². The van der Waals surface area contributed by atoms with Gasteiger partial charge in [-0.25, -0.2) is 13.1 Å². The van der Waals surface area contributed by atoms with Crippen molar-refractivity contribution in [2.24, 2.45) is 5.73 Å². The van der Waals surface area contributed by atoms with Crippen molar-refractivity contribution < 1.29 is 13.2 Å². The summed E-state index contributed by atoms with van der Waals surface area (Å²) in [6.45, 7) is 0.347. The van der Waals surface area contributed by atoms with Gasteiger partial charge < -0.3 is 11.1 Å². The Morgan fingerprint density at radius 1 is 1.44 bits per heavy atom. The van der Waals surface area contributed by atoms with Crippen LogP contribution in [0.25, 0.3) is 0 Å². The molecule has 104 valence electrons. The highest BCUT2D eigenvalue weighted by molar-refractivity contribution is 9.11. The fourth-order valence-corrected chi connectivity index (χ4v) is 3.98. The highest BCUT2D eigenvalue weighted by Gasteiger charge is 2.17. The maximum absolute atomic E-state index is 11.7. The molecule has 1 amide bonds. The number of thiophene rings is 1. The molecule has 1 heterocycles. The molecule has 10 heteroatoms. The third kappa shape index (κ3) is 5.63. The van der Waals surface area contributed by atoms with E-state index in [1.54, 1.807) is 6.07 Å². The number of amides is 1. The van der Waals surface area contributed by atoms with E-state index in [1.807, 2.05) is 0 Å². The van der Waals surface area contributed by atoms with Gasteiger partial charge in [0.2, 0.25) is 5.91 Å². The zero-order valence-electron chi connectivity index (χ0n) is 9.18. The van der Waals surface area contributed by atoms with Crippen molar-refractivity contribution in [3.8, 4) is 0 Å². The number of halogens is 2. The number of carbonyl (C=O) groups is 1. The molecule has 0 aliphatic carbocycles. The molecule has 0 saturated carbocycles. The molecule has 0 radical (unpaired) electrons. The van der Waals surface area contributed by atoms with Crippen LogP contribution in [-0.2, 0) is 14.8 Å². The molecule has 1 aromatic rings. The quantitative estimate of drug-likeness (QED) is 0.662. The standard InChI is InChI=1S/C8H12BrN3O3S2.ClH/c9-6-1-2-8(16-6)17(14,15)12-5-7(13)11-4-3-10;/h1-2,12H,3-5,10H2,(H,11,13);1H. The highest BCUT2D eigenvalue weighted by atomic mass is 79.9. The van der Waals surface area contributed by atoms with Crippen LogP contribution in [-0.4, -0.2) is 34.0 Å². The van der Waals surface area contributed by atoms with E-state index in [4.69, 9.17) is 5.73 Å². The van der Waals surface area contributed by atoms with Crippen molar-refractivity contribution in [3.63, 3.8) is 0 Å². The molecular weight excluding hydrogens is 366 g/mol. The number of hydrogen-bond acceptors (Lipinski definition) is 5. The van der Waals surface area contributed by atoms with E-state index in [0.29, 0.717) is 16.9 Å². The van der Waals surface area contributed by atoms with E-state index in [-0.39, 0.29) is 23.2 Å². The van der Waals surface area contributed by atoms with Crippen LogP contribution in [0.5, 0.6) is 0 Å². The van der Waals surface area contributed by atoms with Crippen LogP contribution in [0.15, 0.2) is 20.1 Å². The van der Waals surface area contributed by atoms with Gasteiger partial charge in [-0.1, -0.05) is 0 Å². The lowest BCUT2D eigenvalue weighted by molar-refractivity contribution is -0.119. The molecule has 1 aromatic heterocycles. The minimum Gasteiger partial charge on any atom is -0.354 e. The second-order valence-corrected chi connectivity index (χ2v) is 7.48. The molecule has 18 heavy (non-hydrogen) atoms. The van der Waals surface area contributed by atoms with E-state index in [0.717, 1.165) is 11.3 Å². The summed E-state index contributed by atoms with van der Waals surface area (Å²) in [7, 11) is -3.61. The first kappa shape index (κ1) is 17.8. The first-order valence-corrected chi connectivity index (χ1v) is 7.77. The summed E-state index contributed by atoms with van der Waals surface area (Å²) < 4.78 is 26.5. The van der Waals surface area contributed by atoms with Gasteiger partial charge in [0.05, 0.1) is 10.3 Å². The number of sulfonamides is 1. The molecule has 1 rings (SSSR count). The van der Waals surface area contributed by atoms with Crippen molar-refractivity contribution in [2.75, 3.05) is 19.6 Å². The summed E-state index contributed by atoms with van der Waals surface area (Å²) in [4.78, 5) is 11.2. The molecule has 4 N–H and O–H groups in total. The zero-order valence-corrected chi connectivity index (χ0v) is 13.2. The number of carbonyl (C=O) groups excluding carboxylic acids is 1. The van der Waals surface area contributed by atoms with Crippen LogP contribution in [0.1, 0.15) is 0 Å². The Bertz CT molecular complexity index is 492. The average molecular weight is 379 g/mol. The lowest BCUT2D eigenvalue weighted by Crippen LogP contribution is -2.38. The maximum Gasteiger partial charge on any atom is 0.250 e. The van der Waals surface area contributed by atoms with Gasteiger partial charge in [-0.3, -0.25) is 4.79 Å². The molecule has 0 fully saturated rings. The summed E-state index contributed by atoms with van der Waals surface area (Å²) in [5.74, 6) is -0.408. The van der Waals surface area contributed by atoms with Gasteiger partial charge in [0.15, 0.2) is 0 Å². The monoisotopic (exact) mass is 377 g/mol. The van der Waals surface area contributed by atoms with Gasteiger partial charge in [0.25, 0.3) is 10.0 Å². The van der Waals surface area contributed by atoms with E-state index >= 15 is 0 Å². The zero-order chi connectivity index (χ0) is 12.9. The number of nitrogens with two attached hydrogens (primary N) is 1. The van der Waals surface area contributed by atoms with E-state index in [1.165, 1.54) is 6.07 Å². The molecular formula is C8H13BrClN3O3S2. The fraction of sp³-hybridized carbons (Fsp3) is 0.375. The molecule has 0 saturated heterocycles. The molecule has 0 aliphatic rings. The fourth-order valence-electron chi connectivity index (χ4n) is 0.948. The van der Waals surface area contributed by atoms with Crippen molar-refractivity contribution in [2.45, 2.75) is 4.21 Å². The van der Waals surface area contributed by atoms with Crippen LogP contribution in [0.4, 0.5) is 0 Å². The second kappa shape index (κ2) is 8.08. The normalized spacial score (nSPS) is 10.8. The summed E-state index contributed by atoms with van der Waals surface area (Å²) in [6.07, 6.45) is 0. The predicted octanol–water partition coefficient (Wildman–Crippen LogP) is 0.286. The van der Waals surface area contributed by atoms with Gasteiger partial charge >= 0.3 is 0 Å². The minimum atomic E-state index is -3.61. The molecule has 0 atom stereocenters. The van der Waals surface area contributed by atoms with Crippen LogP contribution in [0.2, 0.25) is 0 Å². The van der Waals surface area contributed by atoms with Crippen LogP contribution < -0.4 is 15.8 Å². The van der Waals surface area contributed by atoms with Crippen molar-refractivity contribution in [1.82, 2.24) is 10.0 Å². The van der Waals surface area contributed by atoms with Crippen molar-refractivity contribution in [1.29, 1.82) is 0 Å². The molecule has 0 aromatic carbocycles. The Morgan fingerprint density at radius 2 is 2.11 bits per heavy atom. The van der Waals surface area contributed by atoms with E-state index < -0.39 is 15.9 Å². The predicted molar refractivity (Wildman–Crippen MR) is 76.5 cm³/mol. The Balaban J connectivity index is 0.00000289. The largest absolute Gasteiger partial charge is 0.354 e. The van der Waals surface area contributed by atoms with Crippen molar-refractivity contribution >= 4 is 55.6 Å². The summed E-state index contributed by atoms with van der Waals surface area (Å²) in [5.41, 5.74) is 5.20. The van der Waals surface area contributed by atoms with Gasteiger partial charge in [-0.2, -0.15) is 0 Å². The third-order valence-electron chi connectivity index (χ3n) is 1.70. The SMILES string of the molecule is Cl.NCCNC(=O)CNS(=O)(=O)c1ccc(Br)s1. The average Bonchev–Trinajstić information content (AvgIpc) is 2.71. The second-order valence-electron chi connectivity index (χ2n) is 3.02. The smallest absolute Gasteiger partial charge is 0.250 e. The van der Waals surface area contributed by atoms with E-state index in [2.05, 4.69) is 26.0 Å². The molecule has 0 bridgehead atoms. The highest BCUT2D eigenvalue weighted by Crippen LogP contribution is 2.25. The Labute approximate surface area is 124 Å². The van der Waals surface area contributed by atoms with Gasteiger partial charge in [0.1, 0.15) is 4.21 Å². The maximum atomic E-state index is 11.7. The molecule has 0 spiro atoms. The number of rotatable bonds is 6. The van der Waals surface area contributed by atoms with Gasteiger partial charge in [0, 0.05) is 13.1 Å². The first-order chi connectivity index (χ1) is 7.95. The Hall–Kier alpha value is -0.190. The van der Waals surface area contributed by atoms with E-state index in [9.17, 15) is 13.2 Å². The Kier molecular flexibility index (Phi) is 7.99. The first-order valence-electron chi connectivity index (χ1n) is 4.67. The summed E-state index contributed by atoms with van der Waals surface area (Å²) in [6, 6.07) is 3.10. The minimum absolute atomic E-state index is 0. The summed E-state index contributed by atoms with van der Waals surface area (Å²) in [5, 5.41) is 2.46. The van der Waals surface area contributed by atoms with Gasteiger partial charge in [-0.05, 0) is 28.1 Å². The lowest BCUT2D eigenvalue weighted by Gasteiger charge is -2.05.